The highest BCUT2D eigenvalue weighted by Gasteiger charge is 2.29. The predicted molar refractivity (Wildman–Crippen MR) is 76.2 cm³/mol. The lowest BCUT2D eigenvalue weighted by molar-refractivity contribution is -0.154. The number of carbonyl (C=O) groups excluding carboxylic acids is 1. The van der Waals surface area contributed by atoms with Gasteiger partial charge in [0.1, 0.15) is 5.02 Å². The molecule has 9 heteroatoms. The summed E-state index contributed by atoms with van der Waals surface area (Å²) in [6.07, 6.45) is -1.82. The Morgan fingerprint density at radius 3 is 2.70 bits per heavy atom. The van der Waals surface area contributed by atoms with Gasteiger partial charge in [-0.1, -0.05) is 17.7 Å². The number of ether oxygens (including phenoxy) is 1. The summed E-state index contributed by atoms with van der Waals surface area (Å²) in [4.78, 5) is 19.6. The second-order valence-corrected chi connectivity index (χ2v) is 4.83. The number of aromatic nitrogens is 2. The van der Waals surface area contributed by atoms with Crippen LogP contribution in [-0.2, 0) is 6.54 Å². The van der Waals surface area contributed by atoms with Gasteiger partial charge < -0.3 is 10.1 Å². The predicted octanol–water partition coefficient (Wildman–Crippen LogP) is 3.00. The van der Waals surface area contributed by atoms with Crippen LogP contribution in [0.3, 0.4) is 0 Å². The van der Waals surface area contributed by atoms with Crippen LogP contribution in [0.25, 0.3) is 0 Å². The zero-order valence-electron chi connectivity index (χ0n) is 11.6. The largest absolute Gasteiger partial charge is 0.467 e. The van der Waals surface area contributed by atoms with E-state index in [1.54, 1.807) is 24.4 Å². The maximum atomic E-state index is 12.1. The minimum Gasteiger partial charge on any atom is -0.467 e. The summed E-state index contributed by atoms with van der Waals surface area (Å²) >= 11 is 5.77. The van der Waals surface area contributed by atoms with Crippen LogP contribution < -0.4 is 10.1 Å². The molecule has 2 aromatic heterocycles. The molecule has 2 heterocycles. The number of rotatable bonds is 5. The molecule has 2 rings (SSSR count). The average molecular weight is 346 g/mol. The average Bonchev–Trinajstić information content (AvgIpc) is 2.51. The van der Waals surface area contributed by atoms with Crippen molar-refractivity contribution in [2.24, 2.45) is 0 Å². The van der Waals surface area contributed by atoms with E-state index in [0.717, 1.165) is 6.20 Å². The first kappa shape index (κ1) is 17.0. The van der Waals surface area contributed by atoms with Gasteiger partial charge in [-0.05, 0) is 18.2 Å². The van der Waals surface area contributed by atoms with Crippen LogP contribution in [0.15, 0.2) is 36.7 Å². The SMILES string of the molecule is O=C(NCc1ccccn1)c1cnc(OCC(F)(F)F)c(Cl)c1. The van der Waals surface area contributed by atoms with E-state index in [1.165, 1.54) is 6.07 Å². The number of carbonyl (C=O) groups is 1. The Morgan fingerprint density at radius 1 is 1.30 bits per heavy atom. The summed E-state index contributed by atoms with van der Waals surface area (Å²) in [5, 5.41) is 2.42. The molecule has 0 radical (unpaired) electrons. The summed E-state index contributed by atoms with van der Waals surface area (Å²) in [7, 11) is 0. The van der Waals surface area contributed by atoms with Gasteiger partial charge in [-0.25, -0.2) is 4.98 Å². The molecule has 0 aliphatic heterocycles. The molecule has 0 fully saturated rings. The second-order valence-electron chi connectivity index (χ2n) is 4.42. The number of nitrogens with zero attached hydrogens (tertiary/aromatic N) is 2. The van der Waals surface area contributed by atoms with Gasteiger partial charge in [0.25, 0.3) is 5.91 Å². The minimum atomic E-state index is -4.50. The third kappa shape index (κ3) is 5.41. The molecule has 0 unspecified atom stereocenters. The normalized spacial score (nSPS) is 11.1. The molecule has 0 saturated carbocycles. The van der Waals surface area contributed by atoms with Gasteiger partial charge in [-0.15, -0.1) is 0 Å². The van der Waals surface area contributed by atoms with Crippen LogP contribution >= 0.6 is 11.6 Å². The monoisotopic (exact) mass is 345 g/mol. The number of halogens is 4. The van der Waals surface area contributed by atoms with Crippen molar-refractivity contribution in [1.82, 2.24) is 15.3 Å². The highest BCUT2D eigenvalue weighted by atomic mass is 35.5. The van der Waals surface area contributed by atoms with Gasteiger partial charge in [0, 0.05) is 12.4 Å². The van der Waals surface area contributed by atoms with Crippen molar-refractivity contribution in [3.05, 3.63) is 52.9 Å². The molecule has 122 valence electrons. The third-order valence-electron chi connectivity index (χ3n) is 2.60. The highest BCUT2D eigenvalue weighted by Crippen LogP contribution is 2.24. The molecular formula is C14H11ClF3N3O2. The zero-order valence-corrected chi connectivity index (χ0v) is 12.4. The molecule has 0 aliphatic rings. The molecule has 23 heavy (non-hydrogen) atoms. The van der Waals surface area contributed by atoms with Crippen molar-refractivity contribution in [3.63, 3.8) is 0 Å². The van der Waals surface area contributed by atoms with Gasteiger partial charge in [0.05, 0.1) is 17.8 Å². The summed E-state index contributed by atoms with van der Waals surface area (Å²) in [6.45, 7) is -1.31. The number of pyridine rings is 2. The molecule has 0 bridgehead atoms. The van der Waals surface area contributed by atoms with Crippen molar-refractivity contribution < 1.29 is 22.7 Å². The number of nitrogens with one attached hydrogen (secondary N) is 1. The first-order valence-corrected chi connectivity index (χ1v) is 6.76. The summed E-state index contributed by atoms with van der Waals surface area (Å²) in [6, 6.07) is 6.45. The van der Waals surface area contributed by atoms with E-state index in [4.69, 9.17) is 11.6 Å². The van der Waals surface area contributed by atoms with Crippen molar-refractivity contribution in [1.29, 1.82) is 0 Å². The summed E-state index contributed by atoms with van der Waals surface area (Å²) in [5.74, 6) is -0.863. The zero-order chi connectivity index (χ0) is 16.9. The molecule has 5 nitrogen and oxygen atoms in total. The van der Waals surface area contributed by atoms with Crippen molar-refractivity contribution in [3.8, 4) is 5.88 Å². The molecule has 0 aromatic carbocycles. The van der Waals surface area contributed by atoms with Crippen LogP contribution in [0, 0.1) is 0 Å². The number of amides is 1. The van der Waals surface area contributed by atoms with Crippen LogP contribution in [0.2, 0.25) is 5.02 Å². The summed E-state index contributed by atoms with van der Waals surface area (Å²) < 4.78 is 40.7. The van der Waals surface area contributed by atoms with E-state index in [2.05, 4.69) is 20.0 Å². The van der Waals surface area contributed by atoms with E-state index in [1.807, 2.05) is 0 Å². The molecule has 1 N–H and O–H groups in total. The highest BCUT2D eigenvalue weighted by molar-refractivity contribution is 6.32. The molecule has 2 aromatic rings. The Hall–Kier alpha value is -2.35. The maximum absolute atomic E-state index is 12.1. The standard InChI is InChI=1S/C14H11ClF3N3O2/c15-11-5-9(6-21-13(11)23-8-14(16,17)18)12(22)20-7-10-3-1-2-4-19-10/h1-6H,7-8H2,(H,20,22). The van der Waals surface area contributed by atoms with Gasteiger partial charge >= 0.3 is 6.18 Å². The van der Waals surface area contributed by atoms with Gasteiger partial charge in [-0.3, -0.25) is 9.78 Å². The topological polar surface area (TPSA) is 64.1 Å². The Kier molecular flexibility index (Phi) is 5.38. The molecule has 0 spiro atoms. The first-order chi connectivity index (χ1) is 10.8. The van der Waals surface area contributed by atoms with Crippen LogP contribution in [0.1, 0.15) is 16.1 Å². The van der Waals surface area contributed by atoms with Crippen LogP contribution in [0.4, 0.5) is 13.2 Å². The molecule has 1 amide bonds. The van der Waals surface area contributed by atoms with Crippen molar-refractivity contribution in [2.45, 2.75) is 12.7 Å². The number of hydrogen-bond donors (Lipinski definition) is 1. The Labute approximate surface area is 134 Å². The Balaban J connectivity index is 1.97. The van der Waals surface area contributed by atoms with Crippen molar-refractivity contribution in [2.75, 3.05) is 6.61 Å². The van der Waals surface area contributed by atoms with Crippen molar-refractivity contribution >= 4 is 17.5 Å². The van der Waals surface area contributed by atoms with E-state index in [-0.39, 0.29) is 23.0 Å². The lowest BCUT2D eigenvalue weighted by Gasteiger charge is -2.10. The van der Waals surface area contributed by atoms with E-state index < -0.39 is 18.7 Å². The minimum absolute atomic E-state index is 0.102. The molecule has 0 atom stereocenters. The van der Waals surface area contributed by atoms with Gasteiger partial charge in [0.15, 0.2) is 6.61 Å². The number of hydrogen-bond acceptors (Lipinski definition) is 4. The lowest BCUT2D eigenvalue weighted by Crippen LogP contribution is -2.23. The molecule has 0 aliphatic carbocycles. The van der Waals surface area contributed by atoms with Gasteiger partial charge in [0.2, 0.25) is 5.88 Å². The smallest absolute Gasteiger partial charge is 0.422 e. The fraction of sp³-hybridized carbons (Fsp3) is 0.214. The van der Waals surface area contributed by atoms with Crippen LogP contribution in [0.5, 0.6) is 5.88 Å². The Bertz CT molecular complexity index is 681. The third-order valence-corrected chi connectivity index (χ3v) is 2.87. The lowest BCUT2D eigenvalue weighted by atomic mass is 10.2. The fourth-order valence-electron chi connectivity index (χ4n) is 1.58. The van der Waals surface area contributed by atoms with E-state index >= 15 is 0 Å². The fourth-order valence-corrected chi connectivity index (χ4v) is 1.80. The van der Waals surface area contributed by atoms with E-state index in [0.29, 0.717) is 5.69 Å². The second kappa shape index (κ2) is 7.28. The van der Waals surface area contributed by atoms with Crippen LogP contribution in [-0.4, -0.2) is 28.7 Å². The molecular weight excluding hydrogens is 335 g/mol. The summed E-state index contributed by atoms with van der Waals surface area (Å²) in [5.41, 5.74) is 0.760. The maximum Gasteiger partial charge on any atom is 0.422 e. The molecule has 0 saturated heterocycles. The van der Waals surface area contributed by atoms with E-state index in [9.17, 15) is 18.0 Å². The quantitative estimate of drug-likeness (QED) is 0.904. The number of alkyl halides is 3. The van der Waals surface area contributed by atoms with Gasteiger partial charge in [-0.2, -0.15) is 13.2 Å². The first-order valence-electron chi connectivity index (χ1n) is 6.38. The Morgan fingerprint density at radius 2 is 2.09 bits per heavy atom.